The molecule has 0 aliphatic heterocycles. The summed E-state index contributed by atoms with van der Waals surface area (Å²) in [5.74, 6) is 1.28. The monoisotopic (exact) mass is 343 g/mol. The molecule has 4 aromatic rings. The number of urea groups is 1. The van der Waals surface area contributed by atoms with Gasteiger partial charge in [0, 0.05) is 23.6 Å². The molecule has 2 aromatic carbocycles. The van der Waals surface area contributed by atoms with E-state index in [0.29, 0.717) is 17.2 Å². The first-order chi connectivity index (χ1) is 12.8. The van der Waals surface area contributed by atoms with E-state index in [0.717, 1.165) is 11.3 Å². The minimum atomic E-state index is -0.316. The number of hydrogen-bond donors (Lipinski definition) is 2. The third-order valence-electron chi connectivity index (χ3n) is 3.66. The van der Waals surface area contributed by atoms with Gasteiger partial charge in [-0.3, -0.25) is 0 Å². The molecule has 0 saturated carbocycles. The lowest BCUT2D eigenvalue weighted by molar-refractivity contribution is 0.262. The Bertz CT molecular complexity index is 1040. The van der Waals surface area contributed by atoms with Crippen molar-refractivity contribution in [2.75, 3.05) is 10.6 Å². The summed E-state index contributed by atoms with van der Waals surface area (Å²) in [5.41, 5.74) is 2.15. The molecular weight excluding hydrogens is 328 g/mol. The molecule has 0 unspecified atom stereocenters. The second-order valence-corrected chi connectivity index (χ2v) is 5.58. The van der Waals surface area contributed by atoms with Crippen molar-refractivity contribution in [3.8, 4) is 11.5 Å². The van der Waals surface area contributed by atoms with Crippen LogP contribution in [-0.2, 0) is 0 Å². The van der Waals surface area contributed by atoms with Gasteiger partial charge in [0.2, 0.25) is 0 Å². The second kappa shape index (κ2) is 6.98. The second-order valence-electron chi connectivity index (χ2n) is 5.58. The minimum absolute atomic E-state index is 0.316. The molecule has 1 radical (unpaired) electrons. The molecule has 6 heteroatoms. The van der Waals surface area contributed by atoms with E-state index in [1.807, 2.05) is 65.2 Å². The molecule has 0 aliphatic rings. The van der Waals surface area contributed by atoms with Crippen LogP contribution < -0.4 is 15.4 Å². The van der Waals surface area contributed by atoms with Crippen LogP contribution in [0.4, 0.5) is 16.2 Å². The fourth-order valence-electron chi connectivity index (χ4n) is 2.49. The lowest BCUT2D eigenvalue weighted by Crippen LogP contribution is -2.19. The summed E-state index contributed by atoms with van der Waals surface area (Å²) in [4.78, 5) is 16.2. The summed E-state index contributed by atoms with van der Waals surface area (Å²) >= 11 is 0. The van der Waals surface area contributed by atoms with Crippen molar-refractivity contribution in [1.29, 1.82) is 0 Å². The van der Waals surface area contributed by atoms with Gasteiger partial charge in [-0.15, -0.1) is 0 Å². The molecule has 2 N–H and O–H groups in total. The summed E-state index contributed by atoms with van der Waals surface area (Å²) in [5, 5.41) is 5.56. The van der Waals surface area contributed by atoms with E-state index in [-0.39, 0.29) is 6.03 Å². The molecule has 0 bridgehead atoms. The van der Waals surface area contributed by atoms with Crippen LogP contribution in [0.3, 0.4) is 0 Å². The number of para-hydroxylation sites is 1. The number of ether oxygens (including phenoxy) is 1. The molecule has 0 aliphatic carbocycles. The van der Waals surface area contributed by atoms with Crippen molar-refractivity contribution in [3.05, 3.63) is 85.3 Å². The maximum atomic E-state index is 12.1. The lowest BCUT2D eigenvalue weighted by atomic mass is 10.3. The molecule has 2 aromatic heterocycles. The van der Waals surface area contributed by atoms with E-state index in [4.69, 9.17) is 4.74 Å². The number of carbonyl (C=O) groups is 1. The van der Waals surface area contributed by atoms with E-state index >= 15 is 0 Å². The van der Waals surface area contributed by atoms with Gasteiger partial charge in [-0.1, -0.05) is 24.3 Å². The molecule has 6 nitrogen and oxygen atoms in total. The van der Waals surface area contributed by atoms with Crippen molar-refractivity contribution in [2.24, 2.45) is 0 Å². The molecule has 0 saturated heterocycles. The van der Waals surface area contributed by atoms with E-state index < -0.39 is 0 Å². The fraction of sp³-hybridized carbons (Fsp3) is 0. The van der Waals surface area contributed by atoms with Crippen molar-refractivity contribution >= 4 is 23.1 Å². The topological polar surface area (TPSA) is 67.7 Å². The molecule has 4 rings (SSSR count). The van der Waals surface area contributed by atoms with Gasteiger partial charge in [0.15, 0.2) is 0 Å². The number of nitrogens with one attached hydrogen (secondary N) is 2. The highest BCUT2D eigenvalue weighted by molar-refractivity contribution is 5.99. The molecular formula is C20H15N4O2. The summed E-state index contributed by atoms with van der Waals surface area (Å²) in [7, 11) is 0. The summed E-state index contributed by atoms with van der Waals surface area (Å²) in [6.45, 7) is 0. The lowest BCUT2D eigenvalue weighted by Gasteiger charge is -2.10. The Balaban J connectivity index is 1.45. The largest absolute Gasteiger partial charge is 0.456 e. The van der Waals surface area contributed by atoms with Crippen LogP contribution in [0.15, 0.2) is 79.1 Å². The predicted octanol–water partition coefficient (Wildman–Crippen LogP) is 4.57. The summed E-state index contributed by atoms with van der Waals surface area (Å²) < 4.78 is 7.69. The number of nitrogens with zero attached hydrogens (tertiary/aromatic N) is 2. The van der Waals surface area contributed by atoms with Crippen LogP contribution in [0.2, 0.25) is 0 Å². The number of anilines is 2. The third-order valence-corrected chi connectivity index (χ3v) is 3.66. The highest BCUT2D eigenvalue weighted by Gasteiger charge is 2.05. The molecule has 26 heavy (non-hydrogen) atoms. The molecule has 127 valence electrons. The van der Waals surface area contributed by atoms with Crippen LogP contribution in [-0.4, -0.2) is 15.4 Å². The molecule has 0 atom stereocenters. The smallest absolute Gasteiger partial charge is 0.323 e. The number of carbonyl (C=O) groups excluding carboxylic acids is 1. The van der Waals surface area contributed by atoms with Crippen molar-refractivity contribution in [1.82, 2.24) is 9.38 Å². The first kappa shape index (κ1) is 15.7. The maximum absolute atomic E-state index is 12.1. The third kappa shape index (κ3) is 3.64. The normalized spacial score (nSPS) is 10.5. The zero-order valence-electron chi connectivity index (χ0n) is 13.7. The van der Waals surface area contributed by atoms with Gasteiger partial charge in [0.25, 0.3) is 0 Å². The van der Waals surface area contributed by atoms with Crippen LogP contribution in [0.25, 0.3) is 5.65 Å². The van der Waals surface area contributed by atoms with E-state index in [2.05, 4.69) is 21.8 Å². The number of pyridine rings is 1. The van der Waals surface area contributed by atoms with Gasteiger partial charge >= 0.3 is 6.03 Å². The van der Waals surface area contributed by atoms with E-state index in [9.17, 15) is 4.79 Å². The highest BCUT2D eigenvalue weighted by Crippen LogP contribution is 2.24. The van der Waals surface area contributed by atoms with Crippen LogP contribution in [0.5, 0.6) is 11.5 Å². The minimum Gasteiger partial charge on any atom is -0.456 e. The standard InChI is InChI=1S/C20H15N4O2/c25-20(22-15-5-2-1-3-6-15)23-16-7-4-8-17(13-16)26-18-9-10-19-21-11-12-24(19)14-18/h1-10,12-14H,(H2,22,23,25). The number of benzene rings is 2. The Kier molecular flexibility index (Phi) is 4.22. The van der Waals surface area contributed by atoms with Gasteiger partial charge in [0.05, 0.1) is 6.20 Å². The van der Waals surface area contributed by atoms with Crippen LogP contribution >= 0.6 is 0 Å². The predicted molar refractivity (Wildman–Crippen MR) is 99.6 cm³/mol. The highest BCUT2D eigenvalue weighted by atomic mass is 16.5. The van der Waals surface area contributed by atoms with Crippen molar-refractivity contribution in [2.45, 2.75) is 0 Å². The van der Waals surface area contributed by atoms with E-state index in [1.165, 1.54) is 0 Å². The number of rotatable bonds is 4. The molecule has 2 amide bonds. The van der Waals surface area contributed by atoms with Crippen molar-refractivity contribution in [3.63, 3.8) is 0 Å². The average Bonchev–Trinajstić information content (AvgIpc) is 3.10. The first-order valence-electron chi connectivity index (χ1n) is 8.02. The van der Waals surface area contributed by atoms with Crippen LogP contribution in [0.1, 0.15) is 0 Å². The maximum Gasteiger partial charge on any atom is 0.323 e. The fourth-order valence-corrected chi connectivity index (χ4v) is 2.49. The Labute approximate surface area is 150 Å². The van der Waals surface area contributed by atoms with E-state index in [1.54, 1.807) is 18.3 Å². The average molecular weight is 343 g/mol. The van der Waals surface area contributed by atoms with Gasteiger partial charge in [-0.05, 0) is 36.4 Å². The first-order valence-corrected chi connectivity index (χ1v) is 8.02. The Hall–Kier alpha value is -3.80. The quantitative estimate of drug-likeness (QED) is 0.570. The molecule has 0 fully saturated rings. The zero-order chi connectivity index (χ0) is 17.8. The molecule has 2 heterocycles. The zero-order valence-corrected chi connectivity index (χ0v) is 13.7. The Morgan fingerprint density at radius 2 is 1.73 bits per heavy atom. The van der Waals surface area contributed by atoms with Gasteiger partial charge in [0.1, 0.15) is 23.3 Å². The summed E-state index contributed by atoms with van der Waals surface area (Å²) in [6.07, 6.45) is 6.33. The van der Waals surface area contributed by atoms with Gasteiger partial charge in [-0.2, -0.15) is 0 Å². The Morgan fingerprint density at radius 3 is 2.62 bits per heavy atom. The number of hydrogen-bond acceptors (Lipinski definition) is 3. The molecule has 0 spiro atoms. The van der Waals surface area contributed by atoms with Gasteiger partial charge in [-0.25, -0.2) is 9.78 Å². The number of aromatic nitrogens is 2. The number of fused-ring (bicyclic) bond motifs is 1. The van der Waals surface area contributed by atoms with Crippen LogP contribution in [0, 0.1) is 6.20 Å². The van der Waals surface area contributed by atoms with Crippen molar-refractivity contribution < 1.29 is 9.53 Å². The van der Waals surface area contributed by atoms with Gasteiger partial charge < -0.3 is 19.8 Å². The number of imidazole rings is 1. The Morgan fingerprint density at radius 1 is 0.923 bits per heavy atom. The SMILES string of the molecule is O=C(Nc1ccccc1)Nc1cccc(Oc2ccc3n[c]cn3c2)c1. The number of amides is 2. The summed E-state index contributed by atoms with van der Waals surface area (Å²) in [6, 6.07) is 19.8.